The van der Waals surface area contributed by atoms with E-state index in [4.69, 9.17) is 27.9 Å². The van der Waals surface area contributed by atoms with Gasteiger partial charge in [0.2, 0.25) is 0 Å². The standard InChI is InChI=1S/C17H14Cl2N2O3/c1-23-16(22)9-24-15-4-2-3-14-17(15)21(10-20-14)8-11-5-6-12(18)7-13(11)19/h2-7,10H,8-9H2,1H3. The predicted molar refractivity (Wildman–Crippen MR) is 92.8 cm³/mol. The van der Waals surface area contributed by atoms with Crippen LogP contribution < -0.4 is 4.74 Å². The van der Waals surface area contributed by atoms with E-state index in [1.807, 2.05) is 22.8 Å². The second-order valence-corrected chi connectivity index (χ2v) is 5.94. The number of carbonyl (C=O) groups is 1. The Hall–Kier alpha value is -2.24. The largest absolute Gasteiger partial charge is 0.480 e. The van der Waals surface area contributed by atoms with E-state index in [9.17, 15) is 4.79 Å². The maximum atomic E-state index is 11.3. The van der Waals surface area contributed by atoms with Crippen molar-refractivity contribution in [3.05, 3.63) is 58.3 Å². The van der Waals surface area contributed by atoms with E-state index in [0.29, 0.717) is 22.3 Å². The lowest BCUT2D eigenvalue weighted by molar-refractivity contribution is -0.142. The fourth-order valence-corrected chi connectivity index (χ4v) is 2.83. The van der Waals surface area contributed by atoms with Crippen molar-refractivity contribution in [2.24, 2.45) is 0 Å². The number of fused-ring (bicyclic) bond motifs is 1. The highest BCUT2D eigenvalue weighted by Gasteiger charge is 2.12. The third kappa shape index (κ3) is 3.47. The molecule has 124 valence electrons. The van der Waals surface area contributed by atoms with Gasteiger partial charge in [-0.05, 0) is 29.8 Å². The molecule has 0 aliphatic carbocycles. The van der Waals surface area contributed by atoms with E-state index >= 15 is 0 Å². The highest BCUT2D eigenvalue weighted by atomic mass is 35.5. The zero-order valence-electron chi connectivity index (χ0n) is 12.8. The van der Waals surface area contributed by atoms with Gasteiger partial charge >= 0.3 is 5.97 Å². The van der Waals surface area contributed by atoms with Crippen LogP contribution in [-0.2, 0) is 16.1 Å². The van der Waals surface area contributed by atoms with Crippen LogP contribution in [0.25, 0.3) is 11.0 Å². The number of para-hydroxylation sites is 1. The summed E-state index contributed by atoms with van der Waals surface area (Å²) in [7, 11) is 1.32. The predicted octanol–water partition coefficient (Wildman–Crippen LogP) is 3.94. The zero-order valence-corrected chi connectivity index (χ0v) is 14.3. The molecule has 0 fully saturated rings. The SMILES string of the molecule is COC(=O)COc1cccc2ncn(Cc3ccc(Cl)cc3Cl)c12. The van der Waals surface area contributed by atoms with Gasteiger partial charge in [-0.3, -0.25) is 0 Å². The molecule has 5 nitrogen and oxygen atoms in total. The van der Waals surface area contributed by atoms with Crippen molar-refractivity contribution >= 4 is 40.2 Å². The number of halogens is 2. The van der Waals surface area contributed by atoms with Gasteiger partial charge < -0.3 is 14.0 Å². The molecule has 0 spiro atoms. The van der Waals surface area contributed by atoms with Crippen molar-refractivity contribution in [1.29, 1.82) is 0 Å². The van der Waals surface area contributed by atoms with Crippen LogP contribution in [0.4, 0.5) is 0 Å². The minimum absolute atomic E-state index is 0.164. The maximum Gasteiger partial charge on any atom is 0.343 e. The Morgan fingerprint density at radius 1 is 1.25 bits per heavy atom. The van der Waals surface area contributed by atoms with Gasteiger partial charge in [0.05, 0.1) is 25.5 Å². The fourth-order valence-electron chi connectivity index (χ4n) is 2.36. The van der Waals surface area contributed by atoms with Crippen LogP contribution in [0.1, 0.15) is 5.56 Å². The monoisotopic (exact) mass is 364 g/mol. The zero-order chi connectivity index (χ0) is 17.1. The average molecular weight is 365 g/mol. The molecule has 0 amide bonds. The molecule has 0 radical (unpaired) electrons. The molecule has 1 heterocycles. The van der Waals surface area contributed by atoms with Gasteiger partial charge in [0, 0.05) is 10.0 Å². The molecule has 7 heteroatoms. The Morgan fingerprint density at radius 3 is 2.83 bits per heavy atom. The van der Waals surface area contributed by atoms with E-state index < -0.39 is 5.97 Å². The quantitative estimate of drug-likeness (QED) is 0.643. The number of rotatable bonds is 5. The summed E-state index contributed by atoms with van der Waals surface area (Å²) < 4.78 is 12.1. The highest BCUT2D eigenvalue weighted by Crippen LogP contribution is 2.28. The van der Waals surface area contributed by atoms with Crippen LogP contribution in [0.2, 0.25) is 10.0 Å². The summed E-state index contributed by atoms with van der Waals surface area (Å²) in [5, 5.41) is 1.17. The second-order valence-electron chi connectivity index (χ2n) is 5.10. The summed E-state index contributed by atoms with van der Waals surface area (Å²) in [5.74, 6) is 0.110. The lowest BCUT2D eigenvalue weighted by atomic mass is 10.2. The number of carbonyl (C=O) groups excluding carboxylic acids is 1. The number of methoxy groups -OCH3 is 1. The molecule has 3 rings (SSSR count). The summed E-state index contributed by atoms with van der Waals surface area (Å²) in [6, 6.07) is 10.8. The number of aromatic nitrogens is 2. The third-order valence-corrected chi connectivity index (χ3v) is 4.12. The van der Waals surface area contributed by atoms with Gasteiger partial charge in [0.25, 0.3) is 0 Å². The average Bonchev–Trinajstić information content (AvgIpc) is 2.99. The fraction of sp³-hybridized carbons (Fsp3) is 0.176. The first-order valence-electron chi connectivity index (χ1n) is 7.16. The van der Waals surface area contributed by atoms with Gasteiger partial charge in [-0.25, -0.2) is 9.78 Å². The summed E-state index contributed by atoms with van der Waals surface area (Å²) in [5.41, 5.74) is 2.46. The molecule has 0 saturated heterocycles. The van der Waals surface area contributed by atoms with Crippen molar-refractivity contribution in [2.45, 2.75) is 6.54 Å². The van der Waals surface area contributed by atoms with Crippen molar-refractivity contribution < 1.29 is 14.3 Å². The van der Waals surface area contributed by atoms with Crippen LogP contribution >= 0.6 is 23.2 Å². The number of imidazole rings is 1. The second kappa shape index (κ2) is 7.11. The molecule has 1 aromatic heterocycles. The minimum atomic E-state index is -0.446. The molecule has 3 aromatic rings. The summed E-state index contributed by atoms with van der Waals surface area (Å²) in [4.78, 5) is 15.7. The number of benzene rings is 2. The lowest BCUT2D eigenvalue weighted by Gasteiger charge is -2.11. The molecule has 0 aliphatic rings. The molecular formula is C17H14Cl2N2O3. The molecule has 0 atom stereocenters. The molecular weight excluding hydrogens is 351 g/mol. The topological polar surface area (TPSA) is 53.4 Å². The molecule has 0 unspecified atom stereocenters. The third-order valence-electron chi connectivity index (χ3n) is 3.53. The Morgan fingerprint density at radius 2 is 2.08 bits per heavy atom. The minimum Gasteiger partial charge on any atom is -0.480 e. The maximum absolute atomic E-state index is 11.3. The number of hydrogen-bond acceptors (Lipinski definition) is 4. The summed E-state index contributed by atoms with van der Waals surface area (Å²) in [6.07, 6.45) is 1.71. The molecule has 2 aromatic carbocycles. The molecule has 24 heavy (non-hydrogen) atoms. The van der Waals surface area contributed by atoms with Gasteiger partial charge in [-0.1, -0.05) is 35.3 Å². The van der Waals surface area contributed by atoms with Crippen molar-refractivity contribution in [3.63, 3.8) is 0 Å². The van der Waals surface area contributed by atoms with Gasteiger partial charge in [0.15, 0.2) is 6.61 Å². The number of hydrogen-bond donors (Lipinski definition) is 0. The Labute approximate surface area is 148 Å². The van der Waals surface area contributed by atoms with E-state index in [-0.39, 0.29) is 6.61 Å². The lowest BCUT2D eigenvalue weighted by Crippen LogP contribution is -2.13. The van der Waals surface area contributed by atoms with Crippen LogP contribution in [0.3, 0.4) is 0 Å². The number of esters is 1. The van der Waals surface area contributed by atoms with Crippen molar-refractivity contribution in [1.82, 2.24) is 9.55 Å². The summed E-state index contributed by atoms with van der Waals surface area (Å²) >= 11 is 12.2. The first-order valence-corrected chi connectivity index (χ1v) is 7.91. The molecule has 0 saturated carbocycles. The number of ether oxygens (including phenoxy) is 2. The highest BCUT2D eigenvalue weighted by molar-refractivity contribution is 6.35. The van der Waals surface area contributed by atoms with Gasteiger partial charge in [-0.2, -0.15) is 0 Å². The normalized spacial score (nSPS) is 10.8. The van der Waals surface area contributed by atoms with E-state index in [1.54, 1.807) is 24.5 Å². The molecule has 0 N–H and O–H groups in total. The Balaban J connectivity index is 1.94. The van der Waals surface area contributed by atoms with Crippen molar-refractivity contribution in [3.8, 4) is 5.75 Å². The summed E-state index contributed by atoms with van der Waals surface area (Å²) in [6.45, 7) is 0.341. The van der Waals surface area contributed by atoms with E-state index in [0.717, 1.165) is 16.6 Å². The molecule has 0 aliphatic heterocycles. The Bertz CT molecular complexity index is 893. The van der Waals surface area contributed by atoms with Crippen LogP contribution in [-0.4, -0.2) is 29.2 Å². The van der Waals surface area contributed by atoms with Crippen LogP contribution in [0.5, 0.6) is 5.75 Å². The van der Waals surface area contributed by atoms with E-state index in [1.165, 1.54) is 7.11 Å². The molecule has 0 bridgehead atoms. The van der Waals surface area contributed by atoms with Crippen molar-refractivity contribution in [2.75, 3.05) is 13.7 Å². The number of nitrogens with zero attached hydrogens (tertiary/aromatic N) is 2. The van der Waals surface area contributed by atoms with Crippen LogP contribution in [0.15, 0.2) is 42.7 Å². The van der Waals surface area contributed by atoms with E-state index in [2.05, 4.69) is 9.72 Å². The van der Waals surface area contributed by atoms with Gasteiger partial charge in [-0.15, -0.1) is 0 Å². The van der Waals surface area contributed by atoms with Crippen LogP contribution in [0, 0.1) is 0 Å². The first-order chi connectivity index (χ1) is 11.6. The smallest absolute Gasteiger partial charge is 0.343 e. The van der Waals surface area contributed by atoms with Gasteiger partial charge in [0.1, 0.15) is 11.3 Å². The Kier molecular flexibility index (Phi) is 4.92. The first kappa shape index (κ1) is 16.6.